The zero-order valence-electron chi connectivity index (χ0n) is 9.59. The molecule has 98 valence electrons. The van der Waals surface area contributed by atoms with E-state index in [9.17, 15) is 4.79 Å². The fourth-order valence-electron chi connectivity index (χ4n) is 1.65. The highest BCUT2D eigenvalue weighted by Gasteiger charge is 2.11. The molecule has 0 heterocycles. The zero-order valence-corrected chi connectivity index (χ0v) is 12.6. The Hall–Kier alpha value is -0.730. The van der Waals surface area contributed by atoms with Crippen LogP contribution in [0.1, 0.15) is 15.9 Å². The van der Waals surface area contributed by atoms with Crippen LogP contribution in [0.4, 0.5) is 0 Å². The number of carbonyl (C=O) groups is 1. The lowest BCUT2D eigenvalue weighted by Crippen LogP contribution is -2.04. The fraction of sp³-hybridized carbons (Fsp3) is 0.0714. The Balaban J connectivity index is 2.25. The van der Waals surface area contributed by atoms with Crippen molar-refractivity contribution in [2.24, 2.45) is 0 Å². The number of hydrogen-bond donors (Lipinski definition) is 0. The molecule has 0 N–H and O–H groups in total. The maximum atomic E-state index is 12.1. The lowest BCUT2D eigenvalue weighted by atomic mass is 10.0. The summed E-state index contributed by atoms with van der Waals surface area (Å²) in [4.78, 5) is 12.1. The van der Waals surface area contributed by atoms with E-state index >= 15 is 0 Å². The number of carbonyl (C=O) groups excluding carboxylic acids is 1. The molecule has 2 rings (SSSR count). The molecule has 0 atom stereocenters. The van der Waals surface area contributed by atoms with Crippen LogP contribution in [-0.4, -0.2) is 5.78 Å². The van der Waals surface area contributed by atoms with Gasteiger partial charge in [-0.2, -0.15) is 0 Å². The molecule has 0 aromatic heterocycles. The molecule has 0 saturated carbocycles. The molecule has 0 fully saturated rings. The minimum absolute atomic E-state index is 0.103. The molecule has 0 aliphatic carbocycles. The predicted molar refractivity (Wildman–Crippen MR) is 81.0 cm³/mol. The van der Waals surface area contributed by atoms with Gasteiger partial charge in [-0.05, 0) is 35.9 Å². The van der Waals surface area contributed by atoms with Gasteiger partial charge in [0.05, 0.1) is 0 Å². The molecule has 0 amide bonds. The van der Waals surface area contributed by atoms with Gasteiger partial charge in [-0.15, -0.1) is 0 Å². The lowest BCUT2D eigenvalue weighted by molar-refractivity contribution is 0.0993. The quantitative estimate of drug-likeness (QED) is 0.656. The highest BCUT2D eigenvalue weighted by molar-refractivity contribution is 6.36. The highest BCUT2D eigenvalue weighted by Crippen LogP contribution is 2.24. The van der Waals surface area contributed by atoms with Gasteiger partial charge in [0.15, 0.2) is 5.78 Å². The Morgan fingerprint density at radius 1 is 0.842 bits per heavy atom. The van der Waals surface area contributed by atoms with Gasteiger partial charge in [-0.3, -0.25) is 4.79 Å². The summed E-state index contributed by atoms with van der Waals surface area (Å²) in [5, 5.41) is 1.86. The molecule has 0 unspecified atom stereocenters. The zero-order chi connectivity index (χ0) is 14.0. The molecule has 0 aliphatic heterocycles. The van der Waals surface area contributed by atoms with Crippen molar-refractivity contribution < 1.29 is 4.79 Å². The summed E-state index contributed by atoms with van der Waals surface area (Å²) in [5.74, 6) is -0.103. The van der Waals surface area contributed by atoms with Crippen LogP contribution >= 0.6 is 46.4 Å². The third-order valence-corrected chi connectivity index (χ3v) is 3.57. The Morgan fingerprint density at radius 2 is 1.47 bits per heavy atom. The predicted octanol–water partition coefficient (Wildman–Crippen LogP) is 5.73. The third kappa shape index (κ3) is 3.87. The minimum Gasteiger partial charge on any atom is -0.294 e. The van der Waals surface area contributed by atoms with Gasteiger partial charge in [0.2, 0.25) is 0 Å². The minimum atomic E-state index is -0.103. The molecule has 2 aromatic rings. The third-order valence-electron chi connectivity index (χ3n) is 2.55. The number of halogens is 4. The van der Waals surface area contributed by atoms with Crippen molar-refractivity contribution in [1.82, 2.24) is 0 Å². The number of benzene rings is 2. The van der Waals surface area contributed by atoms with E-state index in [1.165, 1.54) is 0 Å². The fourth-order valence-corrected chi connectivity index (χ4v) is 2.66. The SMILES string of the molecule is O=C(Cc1ccc(Cl)cc1Cl)c1cc(Cl)cc(Cl)c1. The van der Waals surface area contributed by atoms with Crippen LogP contribution in [0.3, 0.4) is 0 Å². The summed E-state index contributed by atoms with van der Waals surface area (Å²) in [6.07, 6.45) is 0.173. The van der Waals surface area contributed by atoms with Gasteiger partial charge < -0.3 is 0 Å². The van der Waals surface area contributed by atoms with Crippen molar-refractivity contribution in [2.75, 3.05) is 0 Å². The van der Waals surface area contributed by atoms with E-state index in [0.717, 1.165) is 0 Å². The molecule has 19 heavy (non-hydrogen) atoms. The molecule has 0 aliphatic rings. The van der Waals surface area contributed by atoms with E-state index in [1.54, 1.807) is 36.4 Å². The van der Waals surface area contributed by atoms with Gasteiger partial charge in [0.1, 0.15) is 0 Å². The first-order chi connectivity index (χ1) is 8.95. The molecule has 2 aromatic carbocycles. The molecular weight excluding hydrogens is 326 g/mol. The van der Waals surface area contributed by atoms with Crippen molar-refractivity contribution >= 4 is 52.2 Å². The molecule has 0 radical (unpaired) electrons. The summed E-state index contributed by atoms with van der Waals surface area (Å²) in [5.41, 5.74) is 1.18. The summed E-state index contributed by atoms with van der Waals surface area (Å²) in [6, 6.07) is 9.78. The highest BCUT2D eigenvalue weighted by atomic mass is 35.5. The van der Waals surface area contributed by atoms with E-state index in [-0.39, 0.29) is 12.2 Å². The van der Waals surface area contributed by atoms with E-state index in [0.29, 0.717) is 31.2 Å². The van der Waals surface area contributed by atoms with Gasteiger partial charge in [-0.25, -0.2) is 0 Å². The average molecular weight is 334 g/mol. The summed E-state index contributed by atoms with van der Waals surface area (Å²) in [7, 11) is 0. The second-order valence-electron chi connectivity index (χ2n) is 3.99. The second kappa shape index (κ2) is 6.15. The van der Waals surface area contributed by atoms with E-state index < -0.39 is 0 Å². The van der Waals surface area contributed by atoms with Crippen LogP contribution in [0.5, 0.6) is 0 Å². The monoisotopic (exact) mass is 332 g/mol. The number of rotatable bonds is 3. The van der Waals surface area contributed by atoms with Crippen LogP contribution in [0.25, 0.3) is 0 Å². The largest absolute Gasteiger partial charge is 0.294 e. The summed E-state index contributed by atoms with van der Waals surface area (Å²) >= 11 is 23.6. The number of hydrogen-bond acceptors (Lipinski definition) is 1. The second-order valence-corrected chi connectivity index (χ2v) is 5.71. The van der Waals surface area contributed by atoms with E-state index in [4.69, 9.17) is 46.4 Å². The lowest BCUT2D eigenvalue weighted by Gasteiger charge is -2.05. The van der Waals surface area contributed by atoms with Crippen molar-refractivity contribution in [3.8, 4) is 0 Å². The smallest absolute Gasteiger partial charge is 0.167 e. The first-order valence-corrected chi connectivity index (χ1v) is 6.90. The first kappa shape index (κ1) is 14.7. The normalized spacial score (nSPS) is 10.5. The maximum absolute atomic E-state index is 12.1. The van der Waals surface area contributed by atoms with E-state index in [2.05, 4.69) is 0 Å². The Morgan fingerprint density at radius 3 is 2.05 bits per heavy atom. The average Bonchev–Trinajstić information content (AvgIpc) is 2.31. The van der Waals surface area contributed by atoms with Crippen LogP contribution in [0.15, 0.2) is 36.4 Å². The van der Waals surface area contributed by atoms with Gasteiger partial charge in [-0.1, -0.05) is 52.5 Å². The van der Waals surface area contributed by atoms with Crippen molar-refractivity contribution in [1.29, 1.82) is 0 Å². The molecule has 0 bridgehead atoms. The number of ketones is 1. The Bertz CT molecular complexity index is 617. The van der Waals surface area contributed by atoms with Crippen molar-refractivity contribution in [3.05, 3.63) is 67.6 Å². The van der Waals surface area contributed by atoms with Crippen molar-refractivity contribution in [2.45, 2.75) is 6.42 Å². The van der Waals surface area contributed by atoms with Gasteiger partial charge in [0.25, 0.3) is 0 Å². The first-order valence-electron chi connectivity index (χ1n) is 5.39. The topological polar surface area (TPSA) is 17.1 Å². The van der Waals surface area contributed by atoms with E-state index in [1.807, 2.05) is 0 Å². The van der Waals surface area contributed by atoms with Gasteiger partial charge in [0, 0.05) is 32.1 Å². The van der Waals surface area contributed by atoms with Crippen LogP contribution in [-0.2, 0) is 6.42 Å². The molecule has 0 saturated heterocycles. The molecule has 1 nitrogen and oxygen atoms in total. The Kier molecular flexibility index (Phi) is 4.75. The molecular formula is C14H8Cl4O. The van der Waals surface area contributed by atoms with Crippen molar-refractivity contribution in [3.63, 3.8) is 0 Å². The summed E-state index contributed by atoms with van der Waals surface area (Å²) < 4.78 is 0. The molecule has 0 spiro atoms. The van der Waals surface area contributed by atoms with Crippen LogP contribution < -0.4 is 0 Å². The number of Topliss-reactive ketones (excluding diaryl/α,β-unsaturated/α-hetero) is 1. The van der Waals surface area contributed by atoms with Crippen LogP contribution in [0.2, 0.25) is 20.1 Å². The van der Waals surface area contributed by atoms with Gasteiger partial charge >= 0.3 is 0 Å². The maximum Gasteiger partial charge on any atom is 0.167 e. The Labute approximate surface area is 131 Å². The summed E-state index contributed by atoms with van der Waals surface area (Å²) in [6.45, 7) is 0. The standard InChI is InChI=1S/C14H8Cl4O/c15-10-2-1-8(13(18)7-10)5-14(19)9-3-11(16)6-12(17)4-9/h1-4,6-7H,5H2. The molecule has 5 heteroatoms. The van der Waals surface area contributed by atoms with Crippen LogP contribution in [0, 0.1) is 0 Å².